The van der Waals surface area contributed by atoms with Gasteiger partial charge in [0, 0.05) is 17.8 Å². The zero-order valence-corrected chi connectivity index (χ0v) is 11.6. The van der Waals surface area contributed by atoms with Gasteiger partial charge in [0.05, 0.1) is 4.92 Å². The van der Waals surface area contributed by atoms with Crippen LogP contribution in [-0.4, -0.2) is 15.9 Å². The lowest BCUT2D eigenvalue weighted by atomic mass is 9.83. The minimum Gasteiger partial charge on any atom is -0.361 e. The fraction of sp³-hybridized carbons (Fsp3) is 0.643. The standard InChI is InChI=1S/C14H21N3O2/c1-3-11-6-4-5-7-12(11)16-14-13(17(18)19)9-8-10(2)15-14/h8-9,11-12H,3-7H2,1-2H3,(H,15,16). The molecule has 1 aliphatic carbocycles. The van der Waals surface area contributed by atoms with Crippen LogP contribution in [-0.2, 0) is 0 Å². The Kier molecular flexibility index (Phi) is 4.35. The minimum absolute atomic E-state index is 0.0750. The lowest BCUT2D eigenvalue weighted by molar-refractivity contribution is -0.384. The van der Waals surface area contributed by atoms with Crippen LogP contribution in [0.2, 0.25) is 0 Å². The number of nitro groups is 1. The highest BCUT2D eigenvalue weighted by molar-refractivity contribution is 5.56. The summed E-state index contributed by atoms with van der Waals surface area (Å²) in [5.41, 5.74) is 0.878. The maximum absolute atomic E-state index is 11.1. The van der Waals surface area contributed by atoms with Gasteiger partial charge in [0.15, 0.2) is 0 Å². The first-order valence-electron chi connectivity index (χ1n) is 7.00. The van der Waals surface area contributed by atoms with Crippen LogP contribution in [0.15, 0.2) is 12.1 Å². The van der Waals surface area contributed by atoms with Crippen molar-refractivity contribution in [2.75, 3.05) is 5.32 Å². The second-order valence-electron chi connectivity index (χ2n) is 5.28. The number of rotatable bonds is 4. The first-order chi connectivity index (χ1) is 9.11. The molecule has 1 fully saturated rings. The lowest BCUT2D eigenvalue weighted by Gasteiger charge is -2.31. The van der Waals surface area contributed by atoms with E-state index in [1.807, 2.05) is 6.92 Å². The van der Waals surface area contributed by atoms with Crippen LogP contribution in [0.5, 0.6) is 0 Å². The van der Waals surface area contributed by atoms with Crippen LogP contribution in [0.3, 0.4) is 0 Å². The summed E-state index contributed by atoms with van der Waals surface area (Å²) in [6.07, 6.45) is 5.84. The SMILES string of the molecule is CCC1CCCCC1Nc1nc(C)ccc1[N+](=O)[O-]. The molecule has 1 heterocycles. The van der Waals surface area contributed by atoms with Gasteiger partial charge >= 0.3 is 5.69 Å². The molecule has 0 aliphatic heterocycles. The second-order valence-corrected chi connectivity index (χ2v) is 5.28. The van der Waals surface area contributed by atoms with Gasteiger partial charge in [0.2, 0.25) is 5.82 Å². The largest absolute Gasteiger partial charge is 0.361 e. The third kappa shape index (κ3) is 3.22. The van der Waals surface area contributed by atoms with Gasteiger partial charge in [0.1, 0.15) is 0 Å². The normalized spacial score (nSPS) is 23.1. The Balaban J connectivity index is 2.21. The number of hydrogen-bond donors (Lipinski definition) is 1. The van der Waals surface area contributed by atoms with Crippen LogP contribution in [0, 0.1) is 23.0 Å². The summed E-state index contributed by atoms with van der Waals surface area (Å²) in [7, 11) is 0. The first kappa shape index (κ1) is 13.8. The summed E-state index contributed by atoms with van der Waals surface area (Å²) in [6.45, 7) is 4.04. The Morgan fingerprint density at radius 1 is 1.42 bits per heavy atom. The molecule has 1 saturated carbocycles. The van der Waals surface area contributed by atoms with Crippen molar-refractivity contribution in [2.45, 2.75) is 52.0 Å². The Hall–Kier alpha value is -1.65. The number of aryl methyl sites for hydroxylation is 1. The maximum Gasteiger partial charge on any atom is 0.311 e. The molecular weight excluding hydrogens is 242 g/mol. The Morgan fingerprint density at radius 3 is 2.84 bits per heavy atom. The van der Waals surface area contributed by atoms with Gasteiger partial charge in [-0.3, -0.25) is 10.1 Å². The van der Waals surface area contributed by atoms with Crippen LogP contribution in [0.1, 0.15) is 44.7 Å². The highest BCUT2D eigenvalue weighted by Crippen LogP contribution is 2.31. The molecule has 1 aliphatic rings. The molecule has 2 atom stereocenters. The van der Waals surface area contributed by atoms with Gasteiger partial charge in [-0.05, 0) is 31.7 Å². The van der Waals surface area contributed by atoms with Crippen molar-refractivity contribution in [3.63, 3.8) is 0 Å². The zero-order chi connectivity index (χ0) is 13.8. The highest BCUT2D eigenvalue weighted by atomic mass is 16.6. The summed E-state index contributed by atoms with van der Waals surface area (Å²) < 4.78 is 0. The summed E-state index contributed by atoms with van der Waals surface area (Å²) in [5.74, 6) is 1.02. The van der Waals surface area contributed by atoms with Crippen molar-refractivity contribution in [1.29, 1.82) is 0 Å². The van der Waals surface area contributed by atoms with E-state index >= 15 is 0 Å². The number of anilines is 1. The van der Waals surface area contributed by atoms with Crippen molar-refractivity contribution in [2.24, 2.45) is 5.92 Å². The molecule has 5 heteroatoms. The van der Waals surface area contributed by atoms with Gasteiger partial charge < -0.3 is 5.32 Å². The van der Waals surface area contributed by atoms with Crippen molar-refractivity contribution in [1.82, 2.24) is 4.98 Å². The zero-order valence-electron chi connectivity index (χ0n) is 11.6. The van der Waals surface area contributed by atoms with Crippen LogP contribution in [0.25, 0.3) is 0 Å². The number of aromatic nitrogens is 1. The molecule has 0 radical (unpaired) electrons. The number of nitrogens with zero attached hydrogens (tertiary/aromatic N) is 2. The van der Waals surface area contributed by atoms with E-state index in [-0.39, 0.29) is 10.6 Å². The number of hydrogen-bond acceptors (Lipinski definition) is 4. The van der Waals surface area contributed by atoms with E-state index in [2.05, 4.69) is 17.2 Å². The third-order valence-corrected chi connectivity index (χ3v) is 3.97. The van der Waals surface area contributed by atoms with Crippen LogP contribution < -0.4 is 5.32 Å². The molecule has 104 valence electrons. The smallest absolute Gasteiger partial charge is 0.311 e. The van der Waals surface area contributed by atoms with Crippen LogP contribution >= 0.6 is 0 Å². The molecular formula is C14H21N3O2. The second kappa shape index (κ2) is 5.99. The lowest BCUT2D eigenvalue weighted by Crippen LogP contribution is -2.32. The van der Waals surface area contributed by atoms with Crippen molar-refractivity contribution < 1.29 is 4.92 Å². The van der Waals surface area contributed by atoms with E-state index in [1.165, 1.54) is 25.3 Å². The molecule has 0 saturated heterocycles. The van der Waals surface area contributed by atoms with E-state index in [9.17, 15) is 10.1 Å². The summed E-state index contributed by atoms with van der Waals surface area (Å²) in [5, 5.41) is 14.4. The highest BCUT2D eigenvalue weighted by Gasteiger charge is 2.26. The number of pyridine rings is 1. The molecule has 0 spiro atoms. The minimum atomic E-state index is -0.363. The molecule has 1 aromatic heterocycles. The fourth-order valence-corrected chi connectivity index (χ4v) is 2.86. The predicted molar refractivity (Wildman–Crippen MR) is 75.3 cm³/mol. The van der Waals surface area contributed by atoms with E-state index < -0.39 is 0 Å². The maximum atomic E-state index is 11.1. The van der Waals surface area contributed by atoms with Crippen molar-refractivity contribution in [3.8, 4) is 0 Å². The molecule has 0 aromatic carbocycles. The summed E-state index contributed by atoms with van der Waals surface area (Å²) >= 11 is 0. The van der Waals surface area contributed by atoms with Gasteiger partial charge in [-0.15, -0.1) is 0 Å². The average molecular weight is 263 g/mol. The van der Waals surface area contributed by atoms with Gasteiger partial charge in [0.25, 0.3) is 0 Å². The molecule has 2 rings (SSSR count). The number of nitrogens with one attached hydrogen (secondary N) is 1. The Labute approximate surface area is 113 Å². The molecule has 19 heavy (non-hydrogen) atoms. The topological polar surface area (TPSA) is 68.1 Å². The van der Waals surface area contributed by atoms with Gasteiger partial charge in [-0.25, -0.2) is 4.98 Å². The van der Waals surface area contributed by atoms with E-state index in [0.29, 0.717) is 17.8 Å². The van der Waals surface area contributed by atoms with Crippen LogP contribution in [0.4, 0.5) is 11.5 Å². The Bertz CT molecular complexity index is 462. The average Bonchev–Trinajstić information content (AvgIpc) is 2.39. The van der Waals surface area contributed by atoms with E-state index in [4.69, 9.17) is 0 Å². The molecule has 0 amide bonds. The van der Waals surface area contributed by atoms with E-state index in [1.54, 1.807) is 6.07 Å². The monoisotopic (exact) mass is 263 g/mol. The van der Waals surface area contributed by atoms with E-state index in [0.717, 1.165) is 18.5 Å². The molecule has 5 nitrogen and oxygen atoms in total. The summed E-state index contributed by atoms with van der Waals surface area (Å²) in [6, 6.07) is 3.53. The van der Waals surface area contributed by atoms with Gasteiger partial charge in [-0.1, -0.05) is 26.2 Å². The summed E-state index contributed by atoms with van der Waals surface area (Å²) in [4.78, 5) is 15.0. The van der Waals surface area contributed by atoms with Crippen molar-refractivity contribution >= 4 is 11.5 Å². The quantitative estimate of drug-likeness (QED) is 0.664. The Morgan fingerprint density at radius 2 is 2.16 bits per heavy atom. The predicted octanol–water partition coefficient (Wildman–Crippen LogP) is 3.68. The molecule has 1 aromatic rings. The fourth-order valence-electron chi connectivity index (χ4n) is 2.86. The third-order valence-electron chi connectivity index (χ3n) is 3.97. The molecule has 0 bridgehead atoms. The first-order valence-corrected chi connectivity index (χ1v) is 7.00. The molecule has 2 unspecified atom stereocenters. The van der Waals surface area contributed by atoms with Gasteiger partial charge in [-0.2, -0.15) is 0 Å². The van der Waals surface area contributed by atoms with Crippen molar-refractivity contribution in [3.05, 3.63) is 27.9 Å². The molecule has 1 N–H and O–H groups in total.